The topological polar surface area (TPSA) is 49.4 Å². The second-order valence-electron chi connectivity index (χ2n) is 5.81. The van der Waals surface area contributed by atoms with Gasteiger partial charge in [0.25, 0.3) is 11.8 Å². The van der Waals surface area contributed by atoms with Crippen molar-refractivity contribution < 1.29 is 9.59 Å². The molecule has 4 nitrogen and oxygen atoms in total. The Kier molecular flexibility index (Phi) is 5.37. The average molecular weight is 288 g/mol. The van der Waals surface area contributed by atoms with Gasteiger partial charge in [0, 0.05) is 30.8 Å². The van der Waals surface area contributed by atoms with E-state index in [0.717, 1.165) is 32.4 Å². The molecule has 114 valence electrons. The van der Waals surface area contributed by atoms with Crippen LogP contribution in [0, 0.1) is 5.92 Å². The Morgan fingerprint density at radius 2 is 1.90 bits per heavy atom. The molecule has 4 heteroatoms. The second-order valence-corrected chi connectivity index (χ2v) is 5.81. The molecule has 0 unspecified atom stereocenters. The Bertz CT molecular complexity index is 505. The molecule has 0 saturated carbocycles. The molecule has 1 aliphatic heterocycles. The number of piperidine rings is 1. The van der Waals surface area contributed by atoms with E-state index in [1.165, 1.54) is 0 Å². The molecule has 1 heterocycles. The lowest BCUT2D eigenvalue weighted by molar-refractivity contribution is 0.0697. The third-order valence-corrected chi connectivity index (χ3v) is 3.98. The first-order valence-electron chi connectivity index (χ1n) is 7.79. The van der Waals surface area contributed by atoms with Crippen LogP contribution < -0.4 is 5.32 Å². The van der Waals surface area contributed by atoms with Crippen molar-refractivity contribution in [2.75, 3.05) is 19.6 Å². The van der Waals surface area contributed by atoms with Crippen LogP contribution in [0.25, 0.3) is 0 Å². The molecule has 2 rings (SSSR count). The van der Waals surface area contributed by atoms with Gasteiger partial charge in [-0.25, -0.2) is 0 Å². The summed E-state index contributed by atoms with van der Waals surface area (Å²) in [6.45, 7) is 6.51. The third-order valence-electron chi connectivity index (χ3n) is 3.98. The van der Waals surface area contributed by atoms with Crippen LogP contribution in [0.1, 0.15) is 53.8 Å². The predicted molar refractivity (Wildman–Crippen MR) is 83.4 cm³/mol. The van der Waals surface area contributed by atoms with E-state index in [0.29, 0.717) is 23.6 Å². The maximum atomic E-state index is 12.5. The summed E-state index contributed by atoms with van der Waals surface area (Å²) in [7, 11) is 0. The largest absolute Gasteiger partial charge is 0.352 e. The van der Waals surface area contributed by atoms with Crippen molar-refractivity contribution in [1.29, 1.82) is 0 Å². The van der Waals surface area contributed by atoms with Gasteiger partial charge >= 0.3 is 0 Å². The molecule has 1 N–H and O–H groups in total. The number of nitrogens with one attached hydrogen (secondary N) is 1. The van der Waals surface area contributed by atoms with E-state index in [4.69, 9.17) is 0 Å². The molecule has 2 amide bonds. The van der Waals surface area contributed by atoms with Crippen LogP contribution in [0.4, 0.5) is 0 Å². The molecule has 0 spiro atoms. The highest BCUT2D eigenvalue weighted by Gasteiger charge is 2.21. The normalized spacial score (nSPS) is 15.8. The zero-order valence-corrected chi connectivity index (χ0v) is 12.9. The molecule has 1 fully saturated rings. The minimum Gasteiger partial charge on any atom is -0.352 e. The number of amides is 2. The van der Waals surface area contributed by atoms with Gasteiger partial charge in [-0.3, -0.25) is 9.59 Å². The fourth-order valence-corrected chi connectivity index (χ4v) is 2.53. The molecular formula is C17H24N2O2. The van der Waals surface area contributed by atoms with Crippen molar-refractivity contribution in [3.05, 3.63) is 35.4 Å². The van der Waals surface area contributed by atoms with Crippen molar-refractivity contribution in [2.45, 2.75) is 33.1 Å². The Morgan fingerprint density at radius 3 is 2.57 bits per heavy atom. The van der Waals surface area contributed by atoms with Crippen molar-refractivity contribution in [3.8, 4) is 0 Å². The summed E-state index contributed by atoms with van der Waals surface area (Å²) in [4.78, 5) is 26.3. The van der Waals surface area contributed by atoms with E-state index in [2.05, 4.69) is 12.2 Å². The van der Waals surface area contributed by atoms with E-state index < -0.39 is 0 Å². The first kappa shape index (κ1) is 15.5. The van der Waals surface area contributed by atoms with Gasteiger partial charge in [-0.05, 0) is 43.4 Å². The van der Waals surface area contributed by atoms with Crippen LogP contribution in [0.3, 0.4) is 0 Å². The number of carbonyl (C=O) groups excluding carboxylic acids is 2. The van der Waals surface area contributed by atoms with Crippen LogP contribution >= 0.6 is 0 Å². The van der Waals surface area contributed by atoms with Crippen molar-refractivity contribution in [2.24, 2.45) is 5.92 Å². The maximum absolute atomic E-state index is 12.5. The summed E-state index contributed by atoms with van der Waals surface area (Å²) in [6, 6.07) is 7.02. The van der Waals surface area contributed by atoms with Gasteiger partial charge in [0.15, 0.2) is 0 Å². The summed E-state index contributed by atoms with van der Waals surface area (Å²) < 4.78 is 0. The standard InChI is InChI=1S/C17H24N2O2/c1-3-9-18-16(20)14-5-4-6-15(12-14)17(21)19-10-7-13(2)8-11-19/h4-6,12-13H,3,7-11H2,1-2H3,(H,18,20). The van der Waals surface area contributed by atoms with Crippen molar-refractivity contribution in [3.63, 3.8) is 0 Å². The molecule has 1 aromatic carbocycles. The smallest absolute Gasteiger partial charge is 0.253 e. The second kappa shape index (κ2) is 7.25. The lowest BCUT2D eigenvalue weighted by Gasteiger charge is -2.30. The Hall–Kier alpha value is -1.84. The molecule has 21 heavy (non-hydrogen) atoms. The van der Waals surface area contributed by atoms with Crippen molar-refractivity contribution in [1.82, 2.24) is 10.2 Å². The summed E-state index contributed by atoms with van der Waals surface area (Å²) in [5, 5.41) is 2.84. The first-order chi connectivity index (χ1) is 10.1. The van der Waals surface area contributed by atoms with Crippen LogP contribution in [0.2, 0.25) is 0 Å². The zero-order valence-electron chi connectivity index (χ0n) is 12.9. The summed E-state index contributed by atoms with van der Waals surface area (Å²) in [5.74, 6) is 0.617. The predicted octanol–water partition coefficient (Wildman–Crippen LogP) is 2.70. The molecule has 1 aliphatic rings. The molecule has 0 radical (unpaired) electrons. The number of nitrogens with zero attached hydrogens (tertiary/aromatic N) is 1. The molecule has 0 aromatic heterocycles. The molecule has 1 saturated heterocycles. The number of benzene rings is 1. The summed E-state index contributed by atoms with van der Waals surface area (Å²) in [6.07, 6.45) is 3.02. The van der Waals surface area contributed by atoms with Crippen LogP contribution in [0.5, 0.6) is 0 Å². The van der Waals surface area contributed by atoms with Gasteiger partial charge in [-0.15, -0.1) is 0 Å². The number of carbonyl (C=O) groups is 2. The molecule has 0 atom stereocenters. The van der Waals surface area contributed by atoms with E-state index in [1.807, 2.05) is 11.8 Å². The summed E-state index contributed by atoms with van der Waals surface area (Å²) >= 11 is 0. The minimum atomic E-state index is -0.112. The van der Waals surface area contributed by atoms with Crippen LogP contribution in [0.15, 0.2) is 24.3 Å². The van der Waals surface area contributed by atoms with Crippen LogP contribution in [-0.2, 0) is 0 Å². The maximum Gasteiger partial charge on any atom is 0.253 e. The third kappa shape index (κ3) is 4.06. The van der Waals surface area contributed by atoms with Gasteiger partial charge in [0.05, 0.1) is 0 Å². The quantitative estimate of drug-likeness (QED) is 0.926. The lowest BCUT2D eigenvalue weighted by atomic mass is 9.98. The van der Waals surface area contributed by atoms with E-state index >= 15 is 0 Å². The lowest BCUT2D eigenvalue weighted by Crippen LogP contribution is -2.38. The summed E-state index contributed by atoms with van der Waals surface area (Å²) in [5.41, 5.74) is 1.16. The van der Waals surface area contributed by atoms with Gasteiger partial charge < -0.3 is 10.2 Å². The minimum absolute atomic E-state index is 0.0343. The Morgan fingerprint density at radius 1 is 1.24 bits per heavy atom. The monoisotopic (exact) mass is 288 g/mol. The zero-order chi connectivity index (χ0) is 15.2. The van der Waals surface area contributed by atoms with E-state index in [1.54, 1.807) is 24.3 Å². The van der Waals surface area contributed by atoms with Gasteiger partial charge in [0.2, 0.25) is 0 Å². The highest BCUT2D eigenvalue weighted by molar-refractivity contribution is 5.99. The number of rotatable bonds is 4. The fraction of sp³-hybridized carbons (Fsp3) is 0.529. The number of hydrogen-bond donors (Lipinski definition) is 1. The van der Waals surface area contributed by atoms with Crippen molar-refractivity contribution >= 4 is 11.8 Å². The first-order valence-corrected chi connectivity index (χ1v) is 7.79. The molecule has 1 aromatic rings. The highest BCUT2D eigenvalue weighted by atomic mass is 16.2. The number of likely N-dealkylation sites (tertiary alicyclic amines) is 1. The van der Waals surface area contributed by atoms with E-state index in [-0.39, 0.29) is 11.8 Å². The fourth-order valence-electron chi connectivity index (χ4n) is 2.53. The van der Waals surface area contributed by atoms with Gasteiger partial charge in [-0.2, -0.15) is 0 Å². The Balaban J connectivity index is 2.06. The van der Waals surface area contributed by atoms with E-state index in [9.17, 15) is 9.59 Å². The van der Waals surface area contributed by atoms with Gasteiger partial charge in [-0.1, -0.05) is 19.9 Å². The molecule has 0 bridgehead atoms. The molecule has 0 aliphatic carbocycles. The van der Waals surface area contributed by atoms with Gasteiger partial charge in [0.1, 0.15) is 0 Å². The SMILES string of the molecule is CCCNC(=O)c1cccc(C(=O)N2CCC(C)CC2)c1. The van der Waals surface area contributed by atoms with Crippen LogP contribution in [-0.4, -0.2) is 36.3 Å². The number of hydrogen-bond acceptors (Lipinski definition) is 2. The molecular weight excluding hydrogens is 264 g/mol. The average Bonchev–Trinajstić information content (AvgIpc) is 2.52. The highest BCUT2D eigenvalue weighted by Crippen LogP contribution is 2.18. The Labute approximate surface area is 126 Å².